The Kier molecular flexibility index (Phi) is 4.70. The highest BCUT2D eigenvalue weighted by Crippen LogP contribution is 2.21. The summed E-state index contributed by atoms with van der Waals surface area (Å²) in [6, 6.07) is 5.97. The normalized spacial score (nSPS) is 15.0. The molecule has 1 saturated heterocycles. The van der Waals surface area contributed by atoms with Crippen molar-refractivity contribution in [1.82, 2.24) is 10.0 Å². The van der Waals surface area contributed by atoms with Crippen LogP contribution in [0.4, 0.5) is 4.79 Å². The number of carbonyl (C=O) groups excluding carboxylic acids is 2. The van der Waals surface area contributed by atoms with Gasteiger partial charge in [0.1, 0.15) is 0 Å². The van der Waals surface area contributed by atoms with Crippen LogP contribution in [0.2, 0.25) is 0 Å². The van der Waals surface area contributed by atoms with Crippen molar-refractivity contribution in [1.29, 1.82) is 0 Å². The summed E-state index contributed by atoms with van der Waals surface area (Å²) >= 11 is 0. The summed E-state index contributed by atoms with van der Waals surface area (Å²) < 4.78 is 28.5. The van der Waals surface area contributed by atoms with Crippen molar-refractivity contribution in [2.45, 2.75) is 18.2 Å². The zero-order valence-corrected chi connectivity index (χ0v) is 13.3. The highest BCUT2D eigenvalue weighted by molar-refractivity contribution is 7.90. The van der Waals surface area contributed by atoms with Gasteiger partial charge < -0.3 is 4.74 Å². The smallest absolute Gasteiger partial charge is 0.428 e. The van der Waals surface area contributed by atoms with Gasteiger partial charge in [-0.1, -0.05) is 12.1 Å². The van der Waals surface area contributed by atoms with Crippen molar-refractivity contribution in [2.24, 2.45) is 0 Å². The number of ether oxygens (including phenoxy) is 1. The number of benzene rings is 1. The van der Waals surface area contributed by atoms with Gasteiger partial charge in [-0.15, -0.1) is 0 Å². The molecule has 1 aromatic rings. The summed E-state index contributed by atoms with van der Waals surface area (Å²) in [5.41, 5.74) is 0.0567. The lowest BCUT2D eigenvalue weighted by molar-refractivity contribution is 0.0143. The molecule has 0 bridgehead atoms. The summed E-state index contributed by atoms with van der Waals surface area (Å²) in [5.74, 6) is -0.522. The van der Waals surface area contributed by atoms with E-state index in [0.29, 0.717) is 19.5 Å². The van der Waals surface area contributed by atoms with Gasteiger partial charge in [-0.3, -0.25) is 4.79 Å². The molecule has 1 aliphatic rings. The van der Waals surface area contributed by atoms with Crippen LogP contribution < -0.4 is 0 Å². The molecule has 1 heterocycles. The van der Waals surface area contributed by atoms with Gasteiger partial charge in [0.25, 0.3) is 5.91 Å². The van der Waals surface area contributed by atoms with Crippen molar-refractivity contribution in [3.63, 3.8) is 0 Å². The molecule has 8 heteroatoms. The number of hydrazine groups is 1. The third-order valence-electron chi connectivity index (χ3n) is 3.26. The number of hydrogen-bond donors (Lipinski definition) is 0. The molecule has 0 spiro atoms. The number of rotatable bonds is 3. The summed E-state index contributed by atoms with van der Waals surface area (Å²) in [6.45, 7) is 2.59. The minimum Gasteiger partial charge on any atom is -0.448 e. The fourth-order valence-electron chi connectivity index (χ4n) is 2.32. The molecule has 0 saturated carbocycles. The first-order valence-electron chi connectivity index (χ1n) is 6.91. The quantitative estimate of drug-likeness (QED) is 0.836. The van der Waals surface area contributed by atoms with E-state index in [2.05, 4.69) is 0 Å². The number of sulfone groups is 1. The molecule has 2 rings (SSSR count). The van der Waals surface area contributed by atoms with Crippen LogP contribution in [0, 0.1) is 0 Å². The van der Waals surface area contributed by atoms with Crippen molar-refractivity contribution in [3.05, 3.63) is 29.8 Å². The van der Waals surface area contributed by atoms with Gasteiger partial charge in [0, 0.05) is 19.3 Å². The number of nitrogens with zero attached hydrogens (tertiary/aromatic N) is 2. The summed E-state index contributed by atoms with van der Waals surface area (Å²) in [4.78, 5) is 24.5. The topological polar surface area (TPSA) is 84.0 Å². The first kappa shape index (κ1) is 16.3. The molecule has 1 fully saturated rings. The van der Waals surface area contributed by atoms with Gasteiger partial charge >= 0.3 is 6.09 Å². The Balaban J connectivity index is 2.34. The van der Waals surface area contributed by atoms with E-state index >= 15 is 0 Å². The van der Waals surface area contributed by atoms with Gasteiger partial charge in [0.05, 0.1) is 17.1 Å². The Hall–Kier alpha value is -2.09. The summed E-state index contributed by atoms with van der Waals surface area (Å²) in [7, 11) is -3.54. The summed E-state index contributed by atoms with van der Waals surface area (Å²) in [6.07, 6.45) is 1.06. The molecule has 22 heavy (non-hydrogen) atoms. The SMILES string of the molecule is CCOC(=O)N1CCCN1C(=O)c1ccccc1S(C)(=O)=O. The average Bonchev–Trinajstić information content (AvgIpc) is 2.95. The van der Waals surface area contributed by atoms with Gasteiger partial charge in [-0.25, -0.2) is 23.2 Å². The highest BCUT2D eigenvalue weighted by atomic mass is 32.2. The zero-order valence-electron chi connectivity index (χ0n) is 12.5. The van der Waals surface area contributed by atoms with Crippen LogP contribution in [-0.4, -0.2) is 56.4 Å². The molecular weight excluding hydrogens is 308 g/mol. The first-order valence-corrected chi connectivity index (χ1v) is 8.80. The summed E-state index contributed by atoms with van der Waals surface area (Å²) in [5, 5.41) is 2.45. The Morgan fingerprint density at radius 1 is 1.18 bits per heavy atom. The molecule has 0 radical (unpaired) electrons. The molecule has 0 N–H and O–H groups in total. The monoisotopic (exact) mass is 326 g/mol. The Morgan fingerprint density at radius 2 is 1.82 bits per heavy atom. The van der Waals surface area contributed by atoms with Crippen molar-refractivity contribution >= 4 is 21.8 Å². The highest BCUT2D eigenvalue weighted by Gasteiger charge is 2.34. The van der Waals surface area contributed by atoms with E-state index in [1.807, 2.05) is 0 Å². The van der Waals surface area contributed by atoms with Crippen molar-refractivity contribution in [2.75, 3.05) is 26.0 Å². The second-order valence-electron chi connectivity index (χ2n) is 4.87. The van der Waals surface area contributed by atoms with E-state index in [1.54, 1.807) is 19.1 Å². The third kappa shape index (κ3) is 3.22. The molecule has 0 aromatic heterocycles. The van der Waals surface area contributed by atoms with E-state index in [9.17, 15) is 18.0 Å². The van der Waals surface area contributed by atoms with Crippen LogP contribution in [0.15, 0.2) is 29.2 Å². The average molecular weight is 326 g/mol. The Morgan fingerprint density at radius 3 is 2.45 bits per heavy atom. The molecule has 0 aliphatic carbocycles. The molecule has 1 aromatic carbocycles. The van der Waals surface area contributed by atoms with Crippen molar-refractivity contribution < 1.29 is 22.7 Å². The second kappa shape index (κ2) is 6.35. The van der Waals surface area contributed by atoms with Gasteiger partial charge in [0.15, 0.2) is 9.84 Å². The van der Waals surface area contributed by atoms with Crippen LogP contribution in [0.5, 0.6) is 0 Å². The predicted octanol–water partition coefficient (Wildman–Crippen LogP) is 1.31. The molecule has 2 amide bonds. The fourth-order valence-corrected chi connectivity index (χ4v) is 3.20. The maximum Gasteiger partial charge on any atom is 0.428 e. The van der Waals surface area contributed by atoms with Gasteiger partial charge in [-0.2, -0.15) is 0 Å². The zero-order chi connectivity index (χ0) is 16.3. The molecule has 0 atom stereocenters. The standard InChI is InChI=1S/C14H18N2O5S/c1-3-21-14(18)16-10-6-9-15(16)13(17)11-7-4-5-8-12(11)22(2,19)20/h4-5,7-8H,3,6,9-10H2,1-2H3. The largest absolute Gasteiger partial charge is 0.448 e. The minimum atomic E-state index is -3.54. The lowest BCUT2D eigenvalue weighted by atomic mass is 10.2. The predicted molar refractivity (Wildman–Crippen MR) is 78.9 cm³/mol. The van der Waals surface area contributed by atoms with E-state index in [0.717, 1.165) is 6.26 Å². The minimum absolute atomic E-state index is 0.0456. The van der Waals surface area contributed by atoms with Gasteiger partial charge in [0.2, 0.25) is 0 Å². The molecule has 0 unspecified atom stereocenters. The maximum absolute atomic E-state index is 12.6. The van der Waals surface area contributed by atoms with E-state index in [-0.39, 0.29) is 17.1 Å². The molecule has 120 valence electrons. The van der Waals surface area contributed by atoms with Crippen LogP contribution in [0.1, 0.15) is 23.7 Å². The van der Waals surface area contributed by atoms with Crippen LogP contribution in [0.3, 0.4) is 0 Å². The van der Waals surface area contributed by atoms with Gasteiger partial charge in [-0.05, 0) is 25.5 Å². The number of carbonyl (C=O) groups is 2. The Labute approximate surface area is 129 Å². The number of amides is 2. The van der Waals surface area contributed by atoms with Crippen LogP contribution >= 0.6 is 0 Å². The lowest BCUT2D eigenvalue weighted by Gasteiger charge is -2.27. The molecule has 1 aliphatic heterocycles. The maximum atomic E-state index is 12.6. The first-order chi connectivity index (χ1) is 10.4. The molecular formula is C14H18N2O5S. The Bertz CT molecular complexity index is 686. The van der Waals surface area contributed by atoms with E-state index in [1.165, 1.54) is 22.2 Å². The lowest BCUT2D eigenvalue weighted by Crippen LogP contribution is -2.45. The number of hydrogen-bond acceptors (Lipinski definition) is 5. The molecule has 7 nitrogen and oxygen atoms in total. The van der Waals surface area contributed by atoms with Crippen molar-refractivity contribution in [3.8, 4) is 0 Å². The third-order valence-corrected chi connectivity index (χ3v) is 4.42. The van der Waals surface area contributed by atoms with Crippen LogP contribution in [0.25, 0.3) is 0 Å². The fraction of sp³-hybridized carbons (Fsp3) is 0.429. The van der Waals surface area contributed by atoms with E-state index in [4.69, 9.17) is 4.74 Å². The van der Waals surface area contributed by atoms with E-state index < -0.39 is 21.8 Å². The second-order valence-corrected chi connectivity index (χ2v) is 6.86. The van der Waals surface area contributed by atoms with Crippen LogP contribution in [-0.2, 0) is 14.6 Å².